The second-order valence-corrected chi connectivity index (χ2v) is 6.24. The maximum absolute atomic E-state index is 12.1. The molecule has 6 nitrogen and oxygen atoms in total. The van der Waals surface area contributed by atoms with Crippen LogP contribution in [0.25, 0.3) is 0 Å². The fourth-order valence-corrected chi connectivity index (χ4v) is 2.93. The Morgan fingerprint density at radius 2 is 1.87 bits per heavy atom. The van der Waals surface area contributed by atoms with E-state index < -0.39 is 23.9 Å². The Hall–Kier alpha value is -1.67. The summed E-state index contributed by atoms with van der Waals surface area (Å²) in [4.78, 5) is 34.5. The highest BCUT2D eigenvalue weighted by Gasteiger charge is 2.20. The van der Waals surface area contributed by atoms with E-state index >= 15 is 0 Å². The van der Waals surface area contributed by atoms with Crippen molar-refractivity contribution >= 4 is 49.7 Å². The molecule has 0 aliphatic heterocycles. The molecule has 124 valence electrons. The summed E-state index contributed by atoms with van der Waals surface area (Å²) in [5.41, 5.74) is 0.312. The molecule has 0 aliphatic carbocycles. The van der Waals surface area contributed by atoms with Gasteiger partial charge in [-0.2, -0.15) is 0 Å². The van der Waals surface area contributed by atoms with E-state index in [2.05, 4.69) is 41.9 Å². The monoisotopic (exact) mass is 447 g/mol. The zero-order valence-corrected chi connectivity index (χ0v) is 15.4. The molecule has 1 aromatic carbocycles. The van der Waals surface area contributed by atoms with Crippen LogP contribution in [0.3, 0.4) is 0 Å². The van der Waals surface area contributed by atoms with E-state index in [0.29, 0.717) is 14.5 Å². The summed E-state index contributed by atoms with van der Waals surface area (Å²) in [6.45, 7) is 1.90. The third-order valence-electron chi connectivity index (χ3n) is 2.64. The molecule has 1 amide bonds. The number of carboxylic acid groups (broad SMARTS) is 1. The number of esters is 1. The summed E-state index contributed by atoms with van der Waals surface area (Å²) in [6, 6.07) is 3.76. The molecular weight excluding hydrogens is 434 g/mol. The van der Waals surface area contributed by atoms with Crippen LogP contribution < -0.4 is 5.32 Å². The second kappa shape index (κ2) is 9.46. The van der Waals surface area contributed by atoms with E-state index in [0.717, 1.165) is 6.08 Å². The maximum Gasteiger partial charge on any atom is 0.330 e. The lowest BCUT2D eigenvalue weighted by atomic mass is 10.1. The van der Waals surface area contributed by atoms with Crippen molar-refractivity contribution in [2.45, 2.75) is 19.4 Å². The van der Waals surface area contributed by atoms with Crippen LogP contribution in [0.5, 0.6) is 0 Å². The molecule has 0 aromatic heterocycles. The number of hydrogen-bond acceptors (Lipinski definition) is 4. The molecule has 0 bridgehead atoms. The molecule has 0 spiro atoms. The van der Waals surface area contributed by atoms with Gasteiger partial charge in [0, 0.05) is 20.6 Å². The first kappa shape index (κ1) is 19.4. The average Bonchev–Trinajstić information content (AvgIpc) is 2.45. The van der Waals surface area contributed by atoms with Gasteiger partial charge in [0.2, 0.25) is 0 Å². The van der Waals surface area contributed by atoms with Crippen LogP contribution in [-0.4, -0.2) is 35.6 Å². The molecule has 0 saturated heterocycles. The number of aliphatic carboxylic acids is 1. The number of carbonyl (C=O) groups is 3. The molecule has 1 atom stereocenters. The molecule has 8 heteroatoms. The number of halogens is 2. The maximum atomic E-state index is 12.1. The molecule has 23 heavy (non-hydrogen) atoms. The highest BCUT2D eigenvalue weighted by atomic mass is 79.9. The summed E-state index contributed by atoms with van der Waals surface area (Å²) in [5, 5.41) is 11.6. The predicted molar refractivity (Wildman–Crippen MR) is 91.1 cm³/mol. The lowest BCUT2D eigenvalue weighted by Gasteiger charge is -2.13. The average molecular weight is 449 g/mol. The zero-order chi connectivity index (χ0) is 17.4. The Kier molecular flexibility index (Phi) is 7.97. The summed E-state index contributed by atoms with van der Waals surface area (Å²) in [7, 11) is 0. The number of carboxylic acids is 1. The van der Waals surface area contributed by atoms with Crippen LogP contribution in [0.2, 0.25) is 0 Å². The minimum atomic E-state index is -1.19. The van der Waals surface area contributed by atoms with Crippen LogP contribution in [0.15, 0.2) is 39.3 Å². The number of amides is 1. The number of carbonyl (C=O) groups excluding carboxylic acids is 2. The van der Waals surface area contributed by atoms with E-state index in [1.54, 1.807) is 25.1 Å². The molecule has 0 saturated carbocycles. The van der Waals surface area contributed by atoms with Gasteiger partial charge in [0.1, 0.15) is 6.04 Å². The van der Waals surface area contributed by atoms with Crippen LogP contribution in [0, 0.1) is 0 Å². The molecule has 1 aromatic rings. The largest absolute Gasteiger partial charge is 0.480 e. The molecular formula is C15H15Br2NO5. The van der Waals surface area contributed by atoms with Gasteiger partial charge in [-0.15, -0.1) is 0 Å². The third kappa shape index (κ3) is 6.96. The minimum Gasteiger partial charge on any atom is -0.480 e. The summed E-state index contributed by atoms with van der Waals surface area (Å²) >= 11 is 6.52. The van der Waals surface area contributed by atoms with E-state index in [-0.39, 0.29) is 13.0 Å². The predicted octanol–water partition coefficient (Wildman–Crippen LogP) is 2.90. The van der Waals surface area contributed by atoms with Gasteiger partial charge in [0.25, 0.3) is 5.91 Å². The number of ether oxygens (including phenoxy) is 1. The molecule has 0 fully saturated rings. The Morgan fingerprint density at radius 3 is 2.39 bits per heavy atom. The van der Waals surface area contributed by atoms with Crippen LogP contribution in [-0.2, 0) is 14.3 Å². The van der Waals surface area contributed by atoms with Crippen molar-refractivity contribution in [2.24, 2.45) is 0 Å². The van der Waals surface area contributed by atoms with Crippen molar-refractivity contribution in [1.29, 1.82) is 0 Å². The SMILES string of the molecule is CCOC(=O)/C=C/C[C@H](NC(=O)c1cc(Br)cc(Br)c1)C(=O)O. The van der Waals surface area contributed by atoms with Gasteiger partial charge in [-0.25, -0.2) is 9.59 Å². The van der Waals surface area contributed by atoms with Gasteiger partial charge < -0.3 is 15.2 Å². The smallest absolute Gasteiger partial charge is 0.330 e. The Balaban J connectivity index is 2.73. The molecule has 0 heterocycles. The van der Waals surface area contributed by atoms with Gasteiger partial charge in [-0.1, -0.05) is 37.9 Å². The van der Waals surface area contributed by atoms with Crippen LogP contribution >= 0.6 is 31.9 Å². The Labute approximate surface area is 150 Å². The number of benzene rings is 1. The number of rotatable bonds is 7. The third-order valence-corrected chi connectivity index (χ3v) is 3.56. The standard InChI is InChI=1S/C15H15Br2NO5/c1-2-23-13(19)5-3-4-12(15(21)22)18-14(20)9-6-10(16)8-11(17)7-9/h3,5-8,12H,2,4H2,1H3,(H,18,20)(H,21,22)/b5-3+/t12-/m0/s1. The minimum absolute atomic E-state index is 0.0327. The van der Waals surface area contributed by atoms with Crippen molar-refractivity contribution in [3.63, 3.8) is 0 Å². The van der Waals surface area contributed by atoms with Crippen molar-refractivity contribution in [2.75, 3.05) is 6.61 Å². The summed E-state index contributed by atoms with van der Waals surface area (Å²) in [5.74, 6) is -2.27. The molecule has 0 unspecified atom stereocenters. The fraction of sp³-hybridized carbons (Fsp3) is 0.267. The lowest BCUT2D eigenvalue weighted by Crippen LogP contribution is -2.40. The van der Waals surface area contributed by atoms with Crippen molar-refractivity contribution in [3.8, 4) is 0 Å². The number of hydrogen-bond donors (Lipinski definition) is 2. The summed E-state index contributed by atoms with van der Waals surface area (Å²) in [6.07, 6.45) is 2.46. The van der Waals surface area contributed by atoms with Crippen molar-refractivity contribution in [1.82, 2.24) is 5.32 Å². The molecule has 0 aliphatic rings. The van der Waals surface area contributed by atoms with Gasteiger partial charge in [0.05, 0.1) is 6.61 Å². The first-order valence-electron chi connectivity index (χ1n) is 6.66. The van der Waals surface area contributed by atoms with Gasteiger partial charge >= 0.3 is 11.9 Å². The fourth-order valence-electron chi connectivity index (χ4n) is 1.64. The van der Waals surface area contributed by atoms with Crippen molar-refractivity contribution in [3.05, 3.63) is 44.9 Å². The first-order chi connectivity index (χ1) is 10.8. The molecule has 2 N–H and O–H groups in total. The van der Waals surface area contributed by atoms with E-state index in [9.17, 15) is 14.4 Å². The van der Waals surface area contributed by atoms with Gasteiger partial charge in [0.15, 0.2) is 0 Å². The van der Waals surface area contributed by atoms with E-state index in [1.807, 2.05) is 0 Å². The first-order valence-corrected chi connectivity index (χ1v) is 8.25. The van der Waals surface area contributed by atoms with Crippen molar-refractivity contribution < 1.29 is 24.2 Å². The lowest BCUT2D eigenvalue weighted by molar-refractivity contribution is -0.139. The quantitative estimate of drug-likeness (QED) is 0.494. The topological polar surface area (TPSA) is 92.7 Å². The summed E-state index contributed by atoms with van der Waals surface area (Å²) < 4.78 is 6.06. The van der Waals surface area contributed by atoms with Gasteiger partial charge in [-0.05, 0) is 31.5 Å². The number of nitrogens with one attached hydrogen (secondary N) is 1. The highest BCUT2D eigenvalue weighted by Crippen LogP contribution is 2.20. The zero-order valence-electron chi connectivity index (χ0n) is 12.2. The van der Waals surface area contributed by atoms with E-state index in [4.69, 9.17) is 5.11 Å². The van der Waals surface area contributed by atoms with Crippen LogP contribution in [0.4, 0.5) is 0 Å². The Morgan fingerprint density at radius 1 is 1.26 bits per heavy atom. The Bertz CT molecular complexity index is 610. The van der Waals surface area contributed by atoms with E-state index in [1.165, 1.54) is 6.08 Å². The van der Waals surface area contributed by atoms with Gasteiger partial charge in [-0.3, -0.25) is 4.79 Å². The van der Waals surface area contributed by atoms with Crippen LogP contribution in [0.1, 0.15) is 23.7 Å². The second-order valence-electron chi connectivity index (χ2n) is 4.41. The normalized spacial score (nSPS) is 12.0. The highest BCUT2D eigenvalue weighted by molar-refractivity contribution is 9.11. The molecule has 1 rings (SSSR count). The molecule has 0 radical (unpaired) electrons.